The Labute approximate surface area is 190 Å². The molecule has 174 valence electrons. The van der Waals surface area contributed by atoms with Gasteiger partial charge in [0.2, 0.25) is 6.79 Å². The highest BCUT2D eigenvalue weighted by Gasteiger charge is 2.38. The third kappa shape index (κ3) is 6.65. The lowest BCUT2D eigenvalue weighted by molar-refractivity contribution is -0.192. The van der Waals surface area contributed by atoms with Gasteiger partial charge in [0.15, 0.2) is 11.5 Å². The monoisotopic (exact) mass is 481 g/mol. The summed E-state index contributed by atoms with van der Waals surface area (Å²) in [5.41, 5.74) is 2.41. The molecule has 1 amide bonds. The number of aromatic nitrogens is 2. The van der Waals surface area contributed by atoms with Gasteiger partial charge in [-0.05, 0) is 36.2 Å². The van der Waals surface area contributed by atoms with E-state index in [0.717, 1.165) is 21.9 Å². The van der Waals surface area contributed by atoms with E-state index in [2.05, 4.69) is 9.97 Å². The van der Waals surface area contributed by atoms with Gasteiger partial charge in [0.25, 0.3) is 5.91 Å². The van der Waals surface area contributed by atoms with Crippen LogP contribution in [-0.4, -0.2) is 44.8 Å². The number of amides is 1. The Morgan fingerprint density at radius 2 is 1.85 bits per heavy atom. The number of carbonyl (C=O) groups is 2. The molecular weight excluding hydrogens is 463 g/mol. The molecule has 0 saturated carbocycles. The van der Waals surface area contributed by atoms with Crippen LogP contribution in [0.15, 0.2) is 48.1 Å². The molecule has 1 aliphatic heterocycles. The first kappa shape index (κ1) is 24.0. The molecule has 1 aliphatic rings. The van der Waals surface area contributed by atoms with Crippen LogP contribution in [0, 0.1) is 6.92 Å². The number of nitrogens with zero attached hydrogens (tertiary/aromatic N) is 3. The number of aryl methyl sites for hydroxylation is 1. The average Bonchev–Trinajstić information content (AvgIpc) is 3.42. The van der Waals surface area contributed by atoms with Gasteiger partial charge in [-0.15, -0.1) is 11.3 Å². The molecule has 8 nitrogen and oxygen atoms in total. The number of pyridine rings is 1. The van der Waals surface area contributed by atoms with Crippen molar-refractivity contribution in [3.8, 4) is 11.5 Å². The summed E-state index contributed by atoms with van der Waals surface area (Å²) < 4.78 is 42.5. The summed E-state index contributed by atoms with van der Waals surface area (Å²) in [7, 11) is 0. The van der Waals surface area contributed by atoms with Gasteiger partial charge in [-0.2, -0.15) is 13.2 Å². The third-order valence-corrected chi connectivity index (χ3v) is 5.05. The molecule has 0 atom stereocenters. The number of ether oxygens (including phenoxy) is 2. The maximum atomic E-state index is 13.0. The second kappa shape index (κ2) is 10.3. The van der Waals surface area contributed by atoms with Crippen LogP contribution in [0.4, 0.5) is 13.2 Å². The summed E-state index contributed by atoms with van der Waals surface area (Å²) in [6, 6.07) is 9.56. The fourth-order valence-corrected chi connectivity index (χ4v) is 3.38. The van der Waals surface area contributed by atoms with Crippen LogP contribution in [0.2, 0.25) is 0 Å². The van der Waals surface area contributed by atoms with Crippen LogP contribution >= 0.6 is 11.3 Å². The second-order valence-electron chi connectivity index (χ2n) is 6.76. The van der Waals surface area contributed by atoms with Crippen LogP contribution in [-0.2, 0) is 17.9 Å². The van der Waals surface area contributed by atoms with Gasteiger partial charge in [-0.1, -0.05) is 12.1 Å². The zero-order chi connectivity index (χ0) is 24.0. The van der Waals surface area contributed by atoms with Crippen LogP contribution < -0.4 is 9.47 Å². The van der Waals surface area contributed by atoms with Gasteiger partial charge in [-0.3, -0.25) is 9.78 Å². The van der Waals surface area contributed by atoms with Crippen molar-refractivity contribution in [1.29, 1.82) is 0 Å². The summed E-state index contributed by atoms with van der Waals surface area (Å²) >= 11 is 1.47. The molecule has 0 unspecified atom stereocenters. The van der Waals surface area contributed by atoms with E-state index < -0.39 is 12.1 Å². The zero-order valence-corrected chi connectivity index (χ0v) is 18.0. The van der Waals surface area contributed by atoms with Crippen molar-refractivity contribution in [1.82, 2.24) is 14.9 Å². The van der Waals surface area contributed by atoms with Crippen molar-refractivity contribution in [2.75, 3.05) is 6.79 Å². The smallest absolute Gasteiger partial charge is 0.475 e. The number of alkyl halides is 3. The van der Waals surface area contributed by atoms with Crippen molar-refractivity contribution in [3.63, 3.8) is 0 Å². The second-order valence-corrected chi connectivity index (χ2v) is 7.83. The molecule has 1 aromatic carbocycles. The molecule has 0 radical (unpaired) electrons. The summed E-state index contributed by atoms with van der Waals surface area (Å²) in [5, 5.41) is 9.80. The van der Waals surface area contributed by atoms with E-state index >= 15 is 0 Å². The van der Waals surface area contributed by atoms with E-state index in [-0.39, 0.29) is 12.7 Å². The number of carboxylic acids is 1. The minimum Gasteiger partial charge on any atom is -0.475 e. The van der Waals surface area contributed by atoms with Crippen molar-refractivity contribution in [3.05, 3.63) is 69.9 Å². The molecule has 0 spiro atoms. The normalized spacial score (nSPS) is 12.0. The number of hydrogen-bond donors (Lipinski definition) is 1. The van der Waals surface area contributed by atoms with Gasteiger partial charge in [0, 0.05) is 30.9 Å². The lowest BCUT2D eigenvalue weighted by Gasteiger charge is -2.22. The third-order valence-electron chi connectivity index (χ3n) is 4.27. The Morgan fingerprint density at radius 3 is 2.45 bits per heavy atom. The van der Waals surface area contributed by atoms with E-state index in [1.54, 1.807) is 22.7 Å². The molecule has 1 N–H and O–H groups in total. The first-order valence-corrected chi connectivity index (χ1v) is 10.3. The number of halogens is 3. The average molecular weight is 481 g/mol. The highest BCUT2D eigenvalue weighted by molar-refractivity contribution is 7.09. The predicted molar refractivity (Wildman–Crippen MR) is 111 cm³/mol. The van der Waals surface area contributed by atoms with Crippen LogP contribution in [0.3, 0.4) is 0 Å². The van der Waals surface area contributed by atoms with Crippen LogP contribution in [0.1, 0.15) is 26.6 Å². The molecular formula is C21H18F3N3O5S. The molecule has 3 aromatic rings. The molecule has 2 aromatic heterocycles. The van der Waals surface area contributed by atoms with Gasteiger partial charge in [0.1, 0.15) is 5.69 Å². The van der Waals surface area contributed by atoms with Gasteiger partial charge >= 0.3 is 12.1 Å². The topological polar surface area (TPSA) is 102 Å². The van der Waals surface area contributed by atoms with E-state index in [0.29, 0.717) is 24.5 Å². The quantitative estimate of drug-likeness (QED) is 0.587. The molecule has 12 heteroatoms. The Hall–Kier alpha value is -3.67. The Balaban J connectivity index is 0.000000383. The molecule has 0 bridgehead atoms. The van der Waals surface area contributed by atoms with Crippen molar-refractivity contribution in [2.24, 2.45) is 0 Å². The SMILES string of the molecule is Cc1nc(C(=O)N(Cc2cccnc2)Cc2ccc3c(c2)OCO3)cs1.O=C(O)C(F)(F)F. The molecule has 33 heavy (non-hydrogen) atoms. The Morgan fingerprint density at radius 1 is 1.15 bits per heavy atom. The molecule has 3 heterocycles. The minimum atomic E-state index is -5.08. The Bertz CT molecular complexity index is 1120. The maximum Gasteiger partial charge on any atom is 0.490 e. The zero-order valence-electron chi connectivity index (χ0n) is 17.2. The number of carboxylic acid groups (broad SMARTS) is 1. The minimum absolute atomic E-state index is 0.101. The predicted octanol–water partition coefficient (Wildman–Crippen LogP) is 4.05. The van der Waals surface area contributed by atoms with Crippen LogP contribution in [0.25, 0.3) is 0 Å². The van der Waals surface area contributed by atoms with E-state index in [1.165, 1.54) is 11.3 Å². The van der Waals surface area contributed by atoms with E-state index in [1.807, 2.05) is 37.3 Å². The number of fused-ring (bicyclic) bond motifs is 1. The molecule has 4 rings (SSSR count). The maximum absolute atomic E-state index is 13.0. The lowest BCUT2D eigenvalue weighted by atomic mass is 10.1. The standard InChI is InChI=1S/C19H17N3O3S.C2HF3O2/c1-13-21-16(11-26-13)19(23)22(10-15-3-2-6-20-8-15)9-14-4-5-17-18(7-14)25-12-24-17;3-2(4,5)1(6)7/h2-8,11H,9-10,12H2,1H3;(H,6,7). The largest absolute Gasteiger partial charge is 0.490 e. The highest BCUT2D eigenvalue weighted by atomic mass is 32.1. The lowest BCUT2D eigenvalue weighted by Crippen LogP contribution is -2.30. The number of aliphatic carboxylic acids is 1. The summed E-state index contributed by atoms with van der Waals surface area (Å²) in [6.07, 6.45) is -1.59. The molecule has 0 fully saturated rings. The molecule has 0 saturated heterocycles. The van der Waals surface area contributed by atoms with Gasteiger partial charge in [0.05, 0.1) is 5.01 Å². The van der Waals surface area contributed by atoms with E-state index in [4.69, 9.17) is 19.4 Å². The summed E-state index contributed by atoms with van der Waals surface area (Å²) in [6.45, 7) is 3.03. The number of benzene rings is 1. The van der Waals surface area contributed by atoms with Crippen molar-refractivity contribution < 1.29 is 37.3 Å². The highest BCUT2D eigenvalue weighted by Crippen LogP contribution is 2.33. The first-order chi connectivity index (χ1) is 15.6. The fourth-order valence-electron chi connectivity index (χ4n) is 2.79. The fraction of sp³-hybridized carbons (Fsp3) is 0.238. The molecule has 0 aliphatic carbocycles. The van der Waals surface area contributed by atoms with Gasteiger partial charge < -0.3 is 19.5 Å². The first-order valence-electron chi connectivity index (χ1n) is 9.42. The van der Waals surface area contributed by atoms with Gasteiger partial charge in [-0.25, -0.2) is 9.78 Å². The number of thiazole rings is 1. The summed E-state index contributed by atoms with van der Waals surface area (Å²) in [5.74, 6) is -1.42. The van der Waals surface area contributed by atoms with Crippen molar-refractivity contribution in [2.45, 2.75) is 26.2 Å². The summed E-state index contributed by atoms with van der Waals surface area (Å²) in [4.78, 5) is 32.1. The number of hydrogen-bond acceptors (Lipinski definition) is 7. The van der Waals surface area contributed by atoms with Crippen LogP contribution in [0.5, 0.6) is 11.5 Å². The number of carbonyl (C=O) groups excluding carboxylic acids is 1. The number of rotatable bonds is 5. The Kier molecular flexibility index (Phi) is 7.48. The van der Waals surface area contributed by atoms with Crippen molar-refractivity contribution >= 4 is 23.2 Å². The van der Waals surface area contributed by atoms with E-state index in [9.17, 15) is 18.0 Å².